The second-order valence-corrected chi connectivity index (χ2v) is 11.3. The van der Waals surface area contributed by atoms with Gasteiger partial charge in [-0.15, -0.1) is 0 Å². The fourth-order valence-corrected chi connectivity index (χ4v) is 5.04. The maximum absolute atomic E-state index is 13.2. The number of hydrogen-bond acceptors (Lipinski definition) is 10. The van der Waals surface area contributed by atoms with Gasteiger partial charge in [0.25, 0.3) is 10.0 Å². The van der Waals surface area contributed by atoms with E-state index >= 15 is 0 Å². The highest BCUT2D eigenvalue weighted by molar-refractivity contribution is 7.92. The Morgan fingerprint density at radius 1 is 1.10 bits per heavy atom. The maximum atomic E-state index is 13.2. The van der Waals surface area contributed by atoms with Crippen LogP contribution in [-0.2, 0) is 32.6 Å². The lowest BCUT2D eigenvalue weighted by atomic mass is 10.1. The van der Waals surface area contributed by atoms with Crippen LogP contribution in [0.2, 0.25) is 0 Å². The number of benzene rings is 2. The van der Waals surface area contributed by atoms with Crippen molar-refractivity contribution in [2.75, 3.05) is 18.9 Å². The normalized spacial score (nSPS) is 11.7. The zero-order valence-electron chi connectivity index (χ0n) is 22.5. The summed E-state index contributed by atoms with van der Waals surface area (Å²) in [7, 11) is -1.65. The molecule has 0 aliphatic heterocycles. The molecule has 212 valence electrons. The van der Waals surface area contributed by atoms with Gasteiger partial charge in [-0.2, -0.15) is 5.10 Å². The molecule has 0 atom stereocenters. The van der Waals surface area contributed by atoms with Crippen LogP contribution in [0.5, 0.6) is 5.75 Å². The minimum Gasteiger partial charge on any atom is -0.496 e. The summed E-state index contributed by atoms with van der Waals surface area (Å²) in [4.78, 5) is 23.7. The summed E-state index contributed by atoms with van der Waals surface area (Å²) in [6.45, 7) is 5.92. The molecule has 14 heteroatoms. The Labute approximate surface area is 230 Å². The highest BCUT2D eigenvalue weighted by atomic mass is 32.2. The largest absolute Gasteiger partial charge is 0.496 e. The molecule has 1 amide bonds. The number of aromatic nitrogens is 3. The number of hydrogen-bond donors (Lipinski definition) is 2. The zero-order valence-corrected chi connectivity index (χ0v) is 23.4. The number of alkyl carbamates (subject to hydrolysis) is 1. The van der Waals surface area contributed by atoms with E-state index < -0.39 is 27.7 Å². The van der Waals surface area contributed by atoms with Gasteiger partial charge < -0.3 is 24.1 Å². The SMILES string of the molecule is COC(=O)c1ccccc1S(=O)(=O)Nc1noc2cc(Cn3cc(CNC(=O)OC(C)(C)C)cn3)cc(OC)c12. The first-order valence-corrected chi connectivity index (χ1v) is 13.5. The van der Waals surface area contributed by atoms with Crippen molar-refractivity contribution >= 4 is 38.9 Å². The van der Waals surface area contributed by atoms with E-state index in [1.807, 2.05) is 0 Å². The molecule has 0 unspecified atom stereocenters. The molecule has 0 saturated carbocycles. The lowest BCUT2D eigenvalue weighted by molar-refractivity contribution is 0.0522. The molecule has 0 saturated heterocycles. The molecule has 0 aliphatic carbocycles. The number of carbonyl (C=O) groups is 2. The Morgan fingerprint density at radius 3 is 2.55 bits per heavy atom. The molecule has 40 heavy (non-hydrogen) atoms. The first kappa shape index (κ1) is 28.4. The molecule has 2 aromatic heterocycles. The number of anilines is 1. The van der Waals surface area contributed by atoms with Crippen molar-refractivity contribution in [2.24, 2.45) is 0 Å². The molecule has 0 aliphatic rings. The number of ether oxygens (including phenoxy) is 3. The number of sulfonamides is 1. The first-order valence-electron chi connectivity index (χ1n) is 12.0. The fraction of sp³-hybridized carbons (Fsp3) is 0.308. The van der Waals surface area contributed by atoms with Crippen LogP contribution in [0.15, 0.2) is 58.2 Å². The van der Waals surface area contributed by atoms with E-state index in [2.05, 4.69) is 20.3 Å². The molecular weight excluding hydrogens is 542 g/mol. The number of fused-ring (bicyclic) bond motifs is 1. The third-order valence-electron chi connectivity index (χ3n) is 5.50. The highest BCUT2D eigenvalue weighted by Crippen LogP contribution is 2.35. The van der Waals surface area contributed by atoms with Gasteiger partial charge in [0.2, 0.25) is 0 Å². The second kappa shape index (κ2) is 11.3. The smallest absolute Gasteiger partial charge is 0.407 e. The average molecular weight is 572 g/mol. The van der Waals surface area contributed by atoms with Crippen LogP contribution < -0.4 is 14.8 Å². The van der Waals surface area contributed by atoms with E-state index in [4.69, 9.17) is 18.7 Å². The monoisotopic (exact) mass is 571 g/mol. The molecular formula is C26H29N5O8S. The minimum absolute atomic E-state index is 0.104. The van der Waals surface area contributed by atoms with Crippen LogP contribution in [0.3, 0.4) is 0 Å². The summed E-state index contributed by atoms with van der Waals surface area (Å²) in [6.07, 6.45) is 2.87. The van der Waals surface area contributed by atoms with Crippen LogP contribution in [0.1, 0.15) is 42.3 Å². The number of nitrogens with one attached hydrogen (secondary N) is 2. The maximum Gasteiger partial charge on any atom is 0.407 e. The molecule has 0 fully saturated rings. The van der Waals surface area contributed by atoms with Crippen molar-refractivity contribution in [3.63, 3.8) is 0 Å². The van der Waals surface area contributed by atoms with Gasteiger partial charge in [0.05, 0.1) is 32.5 Å². The van der Waals surface area contributed by atoms with E-state index in [-0.39, 0.29) is 28.4 Å². The van der Waals surface area contributed by atoms with Crippen molar-refractivity contribution in [3.05, 3.63) is 65.5 Å². The summed E-state index contributed by atoms with van der Waals surface area (Å²) < 4.78 is 51.3. The van der Waals surface area contributed by atoms with Gasteiger partial charge in [0.1, 0.15) is 21.6 Å². The van der Waals surface area contributed by atoms with Crippen LogP contribution >= 0.6 is 0 Å². The Kier molecular flexibility index (Phi) is 8.00. The van der Waals surface area contributed by atoms with Crippen molar-refractivity contribution in [1.29, 1.82) is 0 Å². The summed E-state index contributed by atoms with van der Waals surface area (Å²) in [5.74, 6) is -0.588. The molecule has 2 N–H and O–H groups in total. The quantitative estimate of drug-likeness (QED) is 0.283. The summed E-state index contributed by atoms with van der Waals surface area (Å²) in [6, 6.07) is 9.05. The predicted octanol–water partition coefficient (Wildman–Crippen LogP) is 3.69. The van der Waals surface area contributed by atoms with Crippen molar-refractivity contribution < 1.29 is 36.7 Å². The van der Waals surface area contributed by atoms with Crippen molar-refractivity contribution in [2.45, 2.75) is 44.4 Å². The third kappa shape index (κ3) is 6.51. The van der Waals surface area contributed by atoms with Gasteiger partial charge in [-0.3, -0.25) is 9.40 Å². The first-order chi connectivity index (χ1) is 18.9. The van der Waals surface area contributed by atoms with Crippen LogP contribution in [0, 0.1) is 0 Å². The molecule has 4 aromatic rings. The topological polar surface area (TPSA) is 164 Å². The Morgan fingerprint density at radius 2 is 1.85 bits per heavy atom. The summed E-state index contributed by atoms with van der Waals surface area (Å²) >= 11 is 0. The number of esters is 1. The van der Waals surface area contributed by atoms with Crippen LogP contribution in [0.25, 0.3) is 11.0 Å². The lowest BCUT2D eigenvalue weighted by Crippen LogP contribution is -2.32. The molecule has 0 spiro atoms. The average Bonchev–Trinajstić information content (AvgIpc) is 3.52. The second-order valence-electron chi connectivity index (χ2n) is 9.70. The lowest BCUT2D eigenvalue weighted by Gasteiger charge is -2.19. The molecule has 2 aromatic carbocycles. The minimum atomic E-state index is -4.25. The van der Waals surface area contributed by atoms with E-state index in [0.29, 0.717) is 17.7 Å². The molecule has 13 nitrogen and oxygen atoms in total. The van der Waals surface area contributed by atoms with Gasteiger partial charge in [0.15, 0.2) is 11.4 Å². The van der Waals surface area contributed by atoms with E-state index in [9.17, 15) is 18.0 Å². The van der Waals surface area contributed by atoms with Gasteiger partial charge in [0, 0.05) is 18.3 Å². The number of carbonyl (C=O) groups excluding carboxylic acids is 2. The van der Waals surface area contributed by atoms with Gasteiger partial charge in [-0.1, -0.05) is 17.3 Å². The Balaban J connectivity index is 1.54. The van der Waals surface area contributed by atoms with Gasteiger partial charge >= 0.3 is 12.1 Å². The standard InChI is InChI=1S/C26H29N5O8S/c1-26(2,3)38-25(33)27-12-17-13-28-31(15-17)14-16-10-19(36-4)22-20(11-16)39-29-23(22)30-40(34,35)21-9-7-6-8-18(21)24(32)37-5/h6-11,13,15H,12,14H2,1-5H3,(H,27,33)(H,29,30). The number of amides is 1. The summed E-state index contributed by atoms with van der Waals surface area (Å²) in [5, 5.41) is 11.2. The van der Waals surface area contributed by atoms with E-state index in [1.165, 1.54) is 31.4 Å². The van der Waals surface area contributed by atoms with Gasteiger partial charge in [-0.25, -0.2) is 18.0 Å². The number of rotatable bonds is 9. The van der Waals surface area contributed by atoms with Gasteiger partial charge in [-0.05, 0) is 50.6 Å². The molecule has 0 radical (unpaired) electrons. The fourth-order valence-electron chi connectivity index (χ4n) is 3.83. The number of nitrogens with zero attached hydrogens (tertiary/aromatic N) is 3. The van der Waals surface area contributed by atoms with Crippen molar-refractivity contribution in [1.82, 2.24) is 20.3 Å². The molecule has 0 bridgehead atoms. The van der Waals surface area contributed by atoms with E-state index in [1.54, 1.807) is 50.0 Å². The predicted molar refractivity (Wildman–Crippen MR) is 144 cm³/mol. The Hall–Kier alpha value is -4.59. The third-order valence-corrected chi connectivity index (χ3v) is 6.89. The van der Waals surface area contributed by atoms with Crippen LogP contribution in [0.4, 0.5) is 10.6 Å². The summed E-state index contributed by atoms with van der Waals surface area (Å²) in [5.41, 5.74) is 1.05. The van der Waals surface area contributed by atoms with Crippen LogP contribution in [-0.4, -0.2) is 55.2 Å². The zero-order chi connectivity index (χ0) is 29.1. The van der Waals surface area contributed by atoms with E-state index in [0.717, 1.165) is 18.2 Å². The molecule has 4 rings (SSSR count). The molecule has 2 heterocycles. The number of methoxy groups -OCH3 is 2. The van der Waals surface area contributed by atoms with Crippen molar-refractivity contribution in [3.8, 4) is 5.75 Å². The highest BCUT2D eigenvalue weighted by Gasteiger charge is 2.26. The Bertz CT molecular complexity index is 1650.